The molecule has 132 valence electrons. The van der Waals surface area contributed by atoms with Crippen LogP contribution >= 0.6 is 11.6 Å². The lowest BCUT2D eigenvalue weighted by Gasteiger charge is -2.35. The summed E-state index contributed by atoms with van der Waals surface area (Å²) in [5.74, 6) is -0.130. The van der Waals surface area contributed by atoms with E-state index in [1.807, 2.05) is 31.2 Å². The lowest BCUT2D eigenvalue weighted by Crippen LogP contribution is -2.40. The molecular formula is C19H23ClN4O. The van der Waals surface area contributed by atoms with Gasteiger partial charge in [0.05, 0.1) is 17.3 Å². The van der Waals surface area contributed by atoms with Crippen LogP contribution in [0.3, 0.4) is 0 Å². The third-order valence-electron chi connectivity index (χ3n) is 4.70. The van der Waals surface area contributed by atoms with Crippen molar-refractivity contribution in [1.29, 1.82) is 0 Å². The van der Waals surface area contributed by atoms with Crippen LogP contribution < -0.4 is 5.32 Å². The first kappa shape index (κ1) is 17.8. The molecule has 2 aromatic rings. The van der Waals surface area contributed by atoms with Gasteiger partial charge in [0.25, 0.3) is 5.91 Å². The second-order valence-corrected chi connectivity index (χ2v) is 6.83. The van der Waals surface area contributed by atoms with Gasteiger partial charge in [0.15, 0.2) is 0 Å². The van der Waals surface area contributed by atoms with Crippen LogP contribution in [0.2, 0.25) is 5.02 Å². The van der Waals surface area contributed by atoms with Gasteiger partial charge in [-0.3, -0.25) is 9.69 Å². The highest BCUT2D eigenvalue weighted by atomic mass is 35.5. The first-order valence-corrected chi connectivity index (χ1v) is 9.07. The van der Waals surface area contributed by atoms with Crippen LogP contribution in [-0.4, -0.2) is 40.4 Å². The summed E-state index contributed by atoms with van der Waals surface area (Å²) in [6, 6.07) is 8.05. The normalized spacial score (nSPS) is 16.4. The summed E-state index contributed by atoms with van der Waals surface area (Å²) in [4.78, 5) is 23.0. The van der Waals surface area contributed by atoms with Gasteiger partial charge in [-0.1, -0.05) is 30.2 Å². The minimum atomic E-state index is -0.130. The third kappa shape index (κ3) is 4.55. The molecule has 0 saturated carbocycles. The smallest absolute Gasteiger partial charge is 0.254 e. The van der Waals surface area contributed by atoms with E-state index in [2.05, 4.69) is 20.2 Å². The van der Waals surface area contributed by atoms with Gasteiger partial charge in [0.1, 0.15) is 6.33 Å². The molecule has 0 aliphatic carbocycles. The van der Waals surface area contributed by atoms with Crippen LogP contribution in [0, 0.1) is 6.92 Å². The number of amides is 1. The van der Waals surface area contributed by atoms with Gasteiger partial charge < -0.3 is 5.32 Å². The van der Waals surface area contributed by atoms with E-state index in [-0.39, 0.29) is 11.9 Å². The largest absolute Gasteiger partial charge is 0.350 e. The topological polar surface area (TPSA) is 58.1 Å². The molecule has 1 saturated heterocycles. The fourth-order valence-electron chi connectivity index (χ4n) is 3.27. The Morgan fingerprint density at radius 1 is 1.24 bits per heavy atom. The second-order valence-electron chi connectivity index (χ2n) is 6.40. The number of carbonyl (C=O) groups is 1. The van der Waals surface area contributed by atoms with Crippen molar-refractivity contribution in [2.24, 2.45) is 0 Å². The van der Waals surface area contributed by atoms with E-state index in [4.69, 9.17) is 11.6 Å². The number of nitrogens with zero attached hydrogens (tertiary/aromatic N) is 3. The Kier molecular flexibility index (Phi) is 6.00. The first-order valence-electron chi connectivity index (χ1n) is 8.69. The molecule has 25 heavy (non-hydrogen) atoms. The molecule has 0 unspecified atom stereocenters. The predicted octanol–water partition coefficient (Wildman–Crippen LogP) is 3.40. The molecule has 0 spiro atoms. The van der Waals surface area contributed by atoms with Crippen molar-refractivity contribution >= 4 is 17.5 Å². The summed E-state index contributed by atoms with van der Waals surface area (Å²) in [6.45, 7) is 4.47. The number of likely N-dealkylation sites (tertiary alicyclic amines) is 1. The third-order valence-corrected chi connectivity index (χ3v) is 4.95. The van der Waals surface area contributed by atoms with Gasteiger partial charge >= 0.3 is 0 Å². The van der Waals surface area contributed by atoms with Crippen LogP contribution in [0.1, 0.15) is 46.9 Å². The van der Waals surface area contributed by atoms with E-state index in [9.17, 15) is 4.79 Å². The van der Waals surface area contributed by atoms with Crippen molar-refractivity contribution in [3.05, 3.63) is 58.6 Å². The van der Waals surface area contributed by atoms with E-state index in [1.165, 1.54) is 31.2 Å². The van der Waals surface area contributed by atoms with E-state index in [1.54, 1.807) is 6.20 Å². The quantitative estimate of drug-likeness (QED) is 0.890. The van der Waals surface area contributed by atoms with Crippen molar-refractivity contribution < 1.29 is 4.79 Å². The summed E-state index contributed by atoms with van der Waals surface area (Å²) in [7, 11) is 0. The summed E-state index contributed by atoms with van der Waals surface area (Å²) in [6.07, 6.45) is 6.69. The Bertz CT molecular complexity index is 714. The van der Waals surface area contributed by atoms with Gasteiger partial charge in [-0.05, 0) is 50.6 Å². The monoisotopic (exact) mass is 358 g/mol. The number of piperidine rings is 1. The average molecular weight is 359 g/mol. The average Bonchev–Trinajstić information content (AvgIpc) is 2.64. The molecule has 6 heteroatoms. The summed E-state index contributed by atoms with van der Waals surface area (Å²) in [5, 5.41) is 3.78. The highest BCUT2D eigenvalue weighted by Gasteiger charge is 2.23. The molecule has 1 amide bonds. The molecule has 1 fully saturated rings. The maximum Gasteiger partial charge on any atom is 0.254 e. The van der Waals surface area contributed by atoms with Crippen LogP contribution in [0.4, 0.5) is 0 Å². The fraction of sp³-hybridized carbons (Fsp3) is 0.421. The molecule has 5 nitrogen and oxygen atoms in total. The number of aromatic nitrogens is 2. The van der Waals surface area contributed by atoms with Crippen molar-refractivity contribution in [2.45, 2.75) is 32.2 Å². The van der Waals surface area contributed by atoms with E-state index >= 15 is 0 Å². The molecule has 1 aromatic carbocycles. The minimum Gasteiger partial charge on any atom is -0.350 e. The maximum absolute atomic E-state index is 12.5. The molecule has 1 N–H and O–H groups in total. The zero-order valence-corrected chi connectivity index (χ0v) is 15.2. The molecular weight excluding hydrogens is 336 g/mol. The molecule has 2 heterocycles. The molecule has 1 aliphatic heterocycles. The van der Waals surface area contributed by atoms with Crippen LogP contribution in [-0.2, 0) is 0 Å². The van der Waals surface area contributed by atoms with Crippen LogP contribution in [0.5, 0.6) is 0 Å². The van der Waals surface area contributed by atoms with Crippen molar-refractivity contribution in [1.82, 2.24) is 20.2 Å². The lowest BCUT2D eigenvalue weighted by molar-refractivity contribution is 0.0923. The Hall–Kier alpha value is -1.98. The number of aryl methyl sites for hydroxylation is 1. The Balaban J connectivity index is 1.74. The molecule has 1 atom stereocenters. The van der Waals surface area contributed by atoms with Gasteiger partial charge in [0.2, 0.25) is 0 Å². The SMILES string of the molecule is Cc1ncncc1C(=O)NC[C@H](c1ccc(Cl)cc1)N1CCCCC1. The number of nitrogens with one attached hydrogen (secondary N) is 1. The Morgan fingerprint density at radius 3 is 2.64 bits per heavy atom. The van der Waals surface area contributed by atoms with Gasteiger partial charge in [-0.2, -0.15) is 0 Å². The zero-order valence-electron chi connectivity index (χ0n) is 14.4. The molecule has 3 rings (SSSR count). The summed E-state index contributed by atoms with van der Waals surface area (Å²) in [5.41, 5.74) is 2.39. The predicted molar refractivity (Wildman–Crippen MR) is 98.7 cm³/mol. The Labute approximate surface area is 153 Å². The van der Waals surface area contributed by atoms with Crippen molar-refractivity contribution in [3.8, 4) is 0 Å². The fourth-order valence-corrected chi connectivity index (χ4v) is 3.40. The van der Waals surface area contributed by atoms with Crippen LogP contribution in [0.15, 0.2) is 36.8 Å². The van der Waals surface area contributed by atoms with Crippen molar-refractivity contribution in [3.63, 3.8) is 0 Å². The van der Waals surface area contributed by atoms with Gasteiger partial charge in [-0.15, -0.1) is 0 Å². The van der Waals surface area contributed by atoms with E-state index in [0.29, 0.717) is 17.8 Å². The molecule has 0 radical (unpaired) electrons. The maximum atomic E-state index is 12.5. The number of carbonyl (C=O) groups excluding carboxylic acids is 1. The molecule has 0 bridgehead atoms. The van der Waals surface area contributed by atoms with E-state index < -0.39 is 0 Å². The highest BCUT2D eigenvalue weighted by Crippen LogP contribution is 2.25. The van der Waals surface area contributed by atoms with Crippen molar-refractivity contribution in [2.75, 3.05) is 19.6 Å². The second kappa shape index (κ2) is 8.41. The number of hydrogen-bond acceptors (Lipinski definition) is 4. The Morgan fingerprint density at radius 2 is 1.96 bits per heavy atom. The molecule has 1 aliphatic rings. The van der Waals surface area contributed by atoms with Gasteiger partial charge in [0, 0.05) is 17.8 Å². The van der Waals surface area contributed by atoms with Crippen LogP contribution in [0.25, 0.3) is 0 Å². The summed E-state index contributed by atoms with van der Waals surface area (Å²) >= 11 is 6.03. The number of benzene rings is 1. The van der Waals surface area contributed by atoms with E-state index in [0.717, 1.165) is 18.1 Å². The summed E-state index contributed by atoms with van der Waals surface area (Å²) < 4.78 is 0. The highest BCUT2D eigenvalue weighted by molar-refractivity contribution is 6.30. The molecule has 1 aromatic heterocycles. The lowest BCUT2D eigenvalue weighted by atomic mass is 10.0. The zero-order chi connectivity index (χ0) is 17.6. The van der Waals surface area contributed by atoms with Gasteiger partial charge in [-0.25, -0.2) is 9.97 Å². The number of halogens is 1. The number of rotatable bonds is 5. The minimum absolute atomic E-state index is 0.130. The first-order chi connectivity index (χ1) is 12.1. The number of hydrogen-bond donors (Lipinski definition) is 1. The standard InChI is InChI=1S/C19H23ClN4O/c1-14-17(11-21-13-23-14)19(25)22-12-18(24-9-3-2-4-10-24)15-5-7-16(20)8-6-15/h5-8,11,13,18H,2-4,9-10,12H2,1H3,(H,22,25)/t18-/m1/s1.